The van der Waals surface area contributed by atoms with Crippen LogP contribution in [0.25, 0.3) is 10.9 Å². The van der Waals surface area contributed by atoms with Gasteiger partial charge in [0.1, 0.15) is 0 Å². The topological polar surface area (TPSA) is 82.5 Å². The van der Waals surface area contributed by atoms with E-state index >= 15 is 0 Å². The highest BCUT2D eigenvalue weighted by atomic mass is 16.5. The molecular formula is C21H23N3O4. The number of methoxy groups -OCH3 is 2. The average molecular weight is 381 g/mol. The number of fused-ring (bicyclic) bond motifs is 1. The fourth-order valence-electron chi connectivity index (χ4n) is 3.07. The summed E-state index contributed by atoms with van der Waals surface area (Å²) >= 11 is 0. The molecule has 3 aromatic rings. The summed E-state index contributed by atoms with van der Waals surface area (Å²) in [6.07, 6.45) is 0.585. The maximum atomic E-state index is 12.7. The second-order valence-corrected chi connectivity index (χ2v) is 6.21. The number of nitrogens with one attached hydrogen (secondary N) is 1. The van der Waals surface area contributed by atoms with Crippen LogP contribution in [0.3, 0.4) is 0 Å². The summed E-state index contributed by atoms with van der Waals surface area (Å²) in [6, 6.07) is 12.8. The van der Waals surface area contributed by atoms with Crippen molar-refractivity contribution in [1.82, 2.24) is 15.1 Å². The van der Waals surface area contributed by atoms with E-state index in [4.69, 9.17) is 9.47 Å². The zero-order valence-electron chi connectivity index (χ0n) is 16.2. The first-order valence-corrected chi connectivity index (χ1v) is 9.08. The van der Waals surface area contributed by atoms with E-state index in [-0.39, 0.29) is 11.1 Å². The van der Waals surface area contributed by atoms with Gasteiger partial charge in [-0.3, -0.25) is 14.3 Å². The summed E-state index contributed by atoms with van der Waals surface area (Å²) in [5.41, 5.74) is 1.25. The van der Waals surface area contributed by atoms with Crippen molar-refractivity contribution >= 4 is 16.8 Å². The van der Waals surface area contributed by atoms with E-state index in [1.807, 2.05) is 37.3 Å². The highest BCUT2D eigenvalue weighted by Gasteiger charge is 2.16. The molecular weight excluding hydrogens is 358 g/mol. The van der Waals surface area contributed by atoms with Crippen LogP contribution in [0.1, 0.15) is 23.0 Å². The van der Waals surface area contributed by atoms with Gasteiger partial charge >= 0.3 is 0 Å². The predicted octanol–water partition coefficient (Wildman–Crippen LogP) is 2.41. The molecule has 146 valence electrons. The highest BCUT2D eigenvalue weighted by Crippen LogP contribution is 2.27. The zero-order valence-corrected chi connectivity index (χ0v) is 16.2. The van der Waals surface area contributed by atoms with Crippen LogP contribution in [-0.2, 0) is 13.0 Å². The van der Waals surface area contributed by atoms with E-state index in [0.29, 0.717) is 36.4 Å². The Morgan fingerprint density at radius 3 is 2.57 bits per heavy atom. The molecule has 0 aliphatic heterocycles. The fraction of sp³-hybridized carbons (Fsp3) is 0.286. The Hall–Kier alpha value is -3.35. The first kappa shape index (κ1) is 19.4. The van der Waals surface area contributed by atoms with E-state index in [2.05, 4.69) is 10.4 Å². The van der Waals surface area contributed by atoms with Gasteiger partial charge < -0.3 is 14.8 Å². The van der Waals surface area contributed by atoms with Crippen molar-refractivity contribution in [1.29, 1.82) is 0 Å². The minimum atomic E-state index is -0.474. The van der Waals surface area contributed by atoms with Crippen molar-refractivity contribution in [3.8, 4) is 11.5 Å². The Balaban J connectivity index is 1.75. The summed E-state index contributed by atoms with van der Waals surface area (Å²) in [5.74, 6) is 0.808. The van der Waals surface area contributed by atoms with Crippen LogP contribution < -0.4 is 20.2 Å². The van der Waals surface area contributed by atoms with E-state index in [0.717, 1.165) is 11.1 Å². The monoisotopic (exact) mass is 381 g/mol. The Labute approximate surface area is 162 Å². The van der Waals surface area contributed by atoms with Gasteiger partial charge in [-0.15, -0.1) is 0 Å². The molecule has 0 spiro atoms. The summed E-state index contributed by atoms with van der Waals surface area (Å²) in [4.78, 5) is 25.2. The van der Waals surface area contributed by atoms with Crippen LogP contribution in [0.5, 0.6) is 11.5 Å². The summed E-state index contributed by atoms with van der Waals surface area (Å²) in [7, 11) is 3.16. The van der Waals surface area contributed by atoms with Gasteiger partial charge in [-0.2, -0.15) is 5.10 Å². The number of hydrogen-bond donors (Lipinski definition) is 1. The largest absolute Gasteiger partial charge is 0.493 e. The van der Waals surface area contributed by atoms with E-state index in [1.54, 1.807) is 31.0 Å². The van der Waals surface area contributed by atoms with Crippen molar-refractivity contribution in [2.24, 2.45) is 0 Å². The van der Waals surface area contributed by atoms with Crippen molar-refractivity contribution in [2.45, 2.75) is 19.9 Å². The van der Waals surface area contributed by atoms with Gasteiger partial charge in [0.2, 0.25) is 5.43 Å². The van der Waals surface area contributed by atoms with E-state index < -0.39 is 5.91 Å². The van der Waals surface area contributed by atoms with Crippen LogP contribution in [0.15, 0.2) is 47.3 Å². The van der Waals surface area contributed by atoms with Crippen molar-refractivity contribution in [3.05, 3.63) is 63.9 Å². The third-order valence-corrected chi connectivity index (χ3v) is 4.52. The quantitative estimate of drug-likeness (QED) is 0.680. The molecule has 0 saturated heterocycles. The molecule has 1 N–H and O–H groups in total. The Morgan fingerprint density at radius 2 is 1.86 bits per heavy atom. The average Bonchev–Trinajstić information content (AvgIpc) is 2.74. The predicted molar refractivity (Wildman–Crippen MR) is 107 cm³/mol. The Kier molecular flexibility index (Phi) is 5.93. The number of carbonyl (C=O) groups is 1. The van der Waals surface area contributed by atoms with Gasteiger partial charge in [0.25, 0.3) is 5.91 Å². The lowest BCUT2D eigenvalue weighted by atomic mass is 10.1. The Morgan fingerprint density at radius 1 is 1.11 bits per heavy atom. The molecule has 0 unspecified atom stereocenters. The second-order valence-electron chi connectivity index (χ2n) is 6.21. The molecule has 0 atom stereocenters. The van der Waals surface area contributed by atoms with Gasteiger partial charge in [0, 0.05) is 18.5 Å². The zero-order chi connectivity index (χ0) is 20.1. The normalized spacial score (nSPS) is 10.7. The number of amides is 1. The first-order chi connectivity index (χ1) is 13.6. The van der Waals surface area contributed by atoms with Gasteiger partial charge in [-0.1, -0.05) is 18.2 Å². The summed E-state index contributed by atoms with van der Waals surface area (Å²) in [5, 5.41) is 7.52. The number of aryl methyl sites for hydroxylation is 1. The molecule has 1 aromatic heterocycles. The highest BCUT2D eigenvalue weighted by molar-refractivity contribution is 5.95. The minimum Gasteiger partial charge on any atom is -0.493 e. The lowest BCUT2D eigenvalue weighted by molar-refractivity contribution is 0.0946. The first-order valence-electron chi connectivity index (χ1n) is 9.08. The molecule has 28 heavy (non-hydrogen) atoms. The molecule has 0 radical (unpaired) electrons. The van der Waals surface area contributed by atoms with Crippen LogP contribution in [0.4, 0.5) is 0 Å². The standard InChI is InChI=1S/C21H23N3O4/c1-4-24-16-8-6-5-7-15(16)20(25)19(23-24)21(26)22-12-11-14-9-10-17(27-2)18(13-14)28-3/h5-10,13H,4,11-12H2,1-3H3,(H,22,26). The molecule has 0 aliphatic carbocycles. The SMILES string of the molecule is CCn1nc(C(=O)NCCc2ccc(OC)c(OC)c2)c(=O)c2ccccc21. The molecule has 0 aliphatic rings. The Bertz CT molecular complexity index is 1060. The van der Waals surface area contributed by atoms with Crippen molar-refractivity contribution < 1.29 is 14.3 Å². The van der Waals surface area contributed by atoms with E-state index in [9.17, 15) is 9.59 Å². The van der Waals surface area contributed by atoms with Crippen LogP contribution in [0.2, 0.25) is 0 Å². The number of carbonyl (C=O) groups excluding carboxylic acids is 1. The molecule has 7 nitrogen and oxygen atoms in total. The summed E-state index contributed by atoms with van der Waals surface area (Å²) < 4.78 is 12.2. The van der Waals surface area contributed by atoms with Gasteiger partial charge in [0.05, 0.1) is 19.7 Å². The van der Waals surface area contributed by atoms with E-state index in [1.165, 1.54) is 0 Å². The number of aromatic nitrogens is 2. The minimum absolute atomic E-state index is 0.0899. The molecule has 1 amide bonds. The molecule has 1 heterocycles. The lowest BCUT2D eigenvalue weighted by Gasteiger charge is -2.11. The maximum Gasteiger partial charge on any atom is 0.275 e. The van der Waals surface area contributed by atoms with Crippen molar-refractivity contribution in [3.63, 3.8) is 0 Å². The number of ether oxygens (including phenoxy) is 2. The molecule has 0 bridgehead atoms. The maximum absolute atomic E-state index is 12.7. The molecule has 7 heteroatoms. The molecule has 0 saturated carbocycles. The third-order valence-electron chi connectivity index (χ3n) is 4.52. The van der Waals surface area contributed by atoms with Gasteiger partial charge in [-0.05, 0) is 43.2 Å². The molecule has 3 rings (SSSR count). The number of hydrogen-bond acceptors (Lipinski definition) is 5. The van der Waals surface area contributed by atoms with Crippen LogP contribution in [0, 0.1) is 0 Å². The fourth-order valence-corrected chi connectivity index (χ4v) is 3.07. The number of benzene rings is 2. The van der Waals surface area contributed by atoms with Crippen LogP contribution >= 0.6 is 0 Å². The lowest BCUT2D eigenvalue weighted by Crippen LogP contribution is -2.33. The van der Waals surface area contributed by atoms with Gasteiger partial charge in [-0.25, -0.2) is 0 Å². The molecule has 2 aromatic carbocycles. The summed E-state index contributed by atoms with van der Waals surface area (Å²) in [6.45, 7) is 2.85. The second kappa shape index (κ2) is 8.56. The number of rotatable bonds is 7. The number of para-hydroxylation sites is 1. The van der Waals surface area contributed by atoms with Crippen molar-refractivity contribution in [2.75, 3.05) is 20.8 Å². The van der Waals surface area contributed by atoms with Crippen LogP contribution in [-0.4, -0.2) is 36.5 Å². The molecule has 0 fully saturated rings. The number of nitrogens with zero attached hydrogens (tertiary/aromatic N) is 2. The van der Waals surface area contributed by atoms with Gasteiger partial charge in [0.15, 0.2) is 17.2 Å². The third kappa shape index (κ3) is 3.83. The smallest absolute Gasteiger partial charge is 0.275 e.